The largest absolute Gasteiger partial charge is 1.00 e. The second kappa shape index (κ2) is 7.68. The van der Waals surface area contributed by atoms with Gasteiger partial charge in [0.2, 0.25) is 5.75 Å². The highest BCUT2D eigenvalue weighted by Gasteiger charge is 2.25. The topological polar surface area (TPSA) is 26.3 Å². The molecule has 1 aliphatic heterocycles. The Morgan fingerprint density at radius 3 is 2.46 bits per heavy atom. The van der Waals surface area contributed by atoms with Crippen LogP contribution in [0.2, 0.25) is 0 Å². The number of ether oxygens (including phenoxy) is 1. The van der Waals surface area contributed by atoms with Gasteiger partial charge in [-0.3, -0.25) is 0 Å². The molecule has 0 amide bonds. The van der Waals surface area contributed by atoms with Gasteiger partial charge in [-0.2, -0.15) is 0 Å². The minimum atomic E-state index is 0. The highest BCUT2D eigenvalue weighted by Crippen LogP contribution is 2.13. The molecule has 0 spiro atoms. The van der Waals surface area contributed by atoms with Crippen molar-refractivity contribution < 1.29 is 26.5 Å². The molecule has 0 aromatic carbocycles. The molecule has 0 saturated carbocycles. The van der Waals surface area contributed by atoms with Crippen molar-refractivity contribution in [2.75, 3.05) is 23.9 Å². The SMILES string of the molecule is CCOC(=O)C[S+]1CCCCC1.[Br-]. The zero-order valence-electron chi connectivity index (χ0n) is 8.05. The predicted octanol–water partition coefficient (Wildman–Crippen LogP) is -1.64. The van der Waals surface area contributed by atoms with Crippen molar-refractivity contribution in [3.8, 4) is 0 Å². The Morgan fingerprint density at radius 1 is 1.31 bits per heavy atom. The quantitative estimate of drug-likeness (QED) is 0.453. The first-order chi connectivity index (χ1) is 5.83. The number of esters is 1. The lowest BCUT2D eigenvalue weighted by Gasteiger charge is -2.12. The van der Waals surface area contributed by atoms with Gasteiger partial charge in [0.05, 0.1) is 6.61 Å². The highest BCUT2D eigenvalue weighted by molar-refractivity contribution is 7.97. The lowest BCUT2D eigenvalue weighted by Crippen LogP contribution is -3.00. The van der Waals surface area contributed by atoms with Crippen LogP contribution in [0, 0.1) is 0 Å². The Hall–Kier alpha value is 0.300. The summed E-state index contributed by atoms with van der Waals surface area (Å²) in [6, 6.07) is 0. The Labute approximate surface area is 93.5 Å². The van der Waals surface area contributed by atoms with E-state index in [1.54, 1.807) is 0 Å². The Kier molecular flexibility index (Phi) is 7.86. The van der Waals surface area contributed by atoms with Crippen LogP contribution in [-0.4, -0.2) is 29.8 Å². The average molecular weight is 269 g/mol. The third kappa shape index (κ3) is 5.57. The van der Waals surface area contributed by atoms with Crippen LogP contribution in [0.1, 0.15) is 26.2 Å². The average Bonchev–Trinajstić information content (AvgIpc) is 2.06. The van der Waals surface area contributed by atoms with Crippen molar-refractivity contribution >= 4 is 16.9 Å². The molecule has 2 nitrogen and oxygen atoms in total. The molecule has 4 heteroatoms. The van der Waals surface area contributed by atoms with Gasteiger partial charge in [-0.1, -0.05) is 0 Å². The fourth-order valence-electron chi connectivity index (χ4n) is 1.40. The van der Waals surface area contributed by atoms with E-state index in [4.69, 9.17) is 4.74 Å². The summed E-state index contributed by atoms with van der Waals surface area (Å²) in [7, 11) is 0.349. The molecule has 1 rings (SSSR count). The zero-order chi connectivity index (χ0) is 8.81. The lowest BCUT2D eigenvalue weighted by molar-refractivity contribution is -0.139. The summed E-state index contributed by atoms with van der Waals surface area (Å²) in [4.78, 5) is 11.1. The molecular weight excluding hydrogens is 252 g/mol. The molecule has 0 atom stereocenters. The van der Waals surface area contributed by atoms with E-state index in [0.29, 0.717) is 23.3 Å². The smallest absolute Gasteiger partial charge is 0.356 e. The summed E-state index contributed by atoms with van der Waals surface area (Å²) in [5, 5.41) is 0. The summed E-state index contributed by atoms with van der Waals surface area (Å²) in [5.74, 6) is 3.17. The van der Waals surface area contributed by atoms with Gasteiger partial charge >= 0.3 is 5.97 Å². The molecule has 1 saturated heterocycles. The molecule has 0 aliphatic carbocycles. The predicted molar refractivity (Wildman–Crippen MR) is 52.5 cm³/mol. The van der Waals surface area contributed by atoms with Gasteiger partial charge in [0.15, 0.2) is 0 Å². The number of hydrogen-bond donors (Lipinski definition) is 0. The molecule has 0 unspecified atom stereocenters. The highest BCUT2D eigenvalue weighted by atomic mass is 79.9. The summed E-state index contributed by atoms with van der Waals surface area (Å²) < 4.78 is 4.91. The molecule has 1 fully saturated rings. The van der Waals surface area contributed by atoms with Crippen molar-refractivity contribution in [2.45, 2.75) is 26.2 Å². The molecule has 0 bridgehead atoms. The third-order valence-electron chi connectivity index (χ3n) is 1.99. The Bertz CT molecular complexity index is 147. The molecule has 78 valence electrons. The van der Waals surface area contributed by atoms with Crippen molar-refractivity contribution in [1.82, 2.24) is 0 Å². The third-order valence-corrected chi connectivity index (χ3v) is 4.37. The fraction of sp³-hybridized carbons (Fsp3) is 0.889. The summed E-state index contributed by atoms with van der Waals surface area (Å²) in [5.41, 5.74) is 0. The van der Waals surface area contributed by atoms with Gasteiger partial charge in [-0.15, -0.1) is 0 Å². The van der Waals surface area contributed by atoms with Gasteiger partial charge in [0.1, 0.15) is 11.5 Å². The standard InChI is InChI=1S/C9H17O2S.BrH/c1-2-11-9(10)8-12-6-4-3-5-7-12;/h2-8H2,1H3;1H/q+1;/p-1. The minimum absolute atomic E-state index is 0. The maximum Gasteiger partial charge on any atom is 0.356 e. The second-order valence-electron chi connectivity index (χ2n) is 3.03. The summed E-state index contributed by atoms with van der Waals surface area (Å²) in [6.07, 6.45) is 3.97. The molecule has 1 heterocycles. The zero-order valence-corrected chi connectivity index (χ0v) is 10.5. The molecule has 0 aromatic rings. The Morgan fingerprint density at radius 2 is 1.92 bits per heavy atom. The lowest BCUT2D eigenvalue weighted by atomic mass is 10.3. The van der Waals surface area contributed by atoms with Gasteiger partial charge in [0.25, 0.3) is 0 Å². The number of rotatable bonds is 3. The van der Waals surface area contributed by atoms with Crippen LogP contribution in [-0.2, 0) is 20.4 Å². The van der Waals surface area contributed by atoms with E-state index in [0.717, 1.165) is 0 Å². The number of halogens is 1. The summed E-state index contributed by atoms with van der Waals surface area (Å²) in [6.45, 7) is 2.39. The van der Waals surface area contributed by atoms with Crippen molar-refractivity contribution in [2.24, 2.45) is 0 Å². The van der Waals surface area contributed by atoms with Gasteiger partial charge in [0, 0.05) is 0 Å². The molecule has 13 heavy (non-hydrogen) atoms. The number of carbonyl (C=O) groups excluding carboxylic acids is 1. The monoisotopic (exact) mass is 268 g/mol. The normalized spacial score (nSPS) is 17.6. The van der Waals surface area contributed by atoms with E-state index in [-0.39, 0.29) is 23.0 Å². The van der Waals surface area contributed by atoms with Crippen LogP contribution in [0.5, 0.6) is 0 Å². The second-order valence-corrected chi connectivity index (χ2v) is 5.36. The fourth-order valence-corrected chi connectivity index (χ4v) is 3.54. The summed E-state index contributed by atoms with van der Waals surface area (Å²) >= 11 is 0. The van der Waals surface area contributed by atoms with Crippen molar-refractivity contribution in [1.29, 1.82) is 0 Å². The Balaban J connectivity index is 0.00000144. The van der Waals surface area contributed by atoms with E-state index in [2.05, 4.69) is 0 Å². The first-order valence-electron chi connectivity index (χ1n) is 4.62. The van der Waals surface area contributed by atoms with Gasteiger partial charge in [-0.25, -0.2) is 4.79 Å². The van der Waals surface area contributed by atoms with E-state index >= 15 is 0 Å². The van der Waals surface area contributed by atoms with Crippen LogP contribution in [0.15, 0.2) is 0 Å². The van der Waals surface area contributed by atoms with E-state index in [9.17, 15) is 4.79 Å². The number of hydrogen-bond acceptors (Lipinski definition) is 2. The van der Waals surface area contributed by atoms with Crippen LogP contribution < -0.4 is 17.0 Å². The van der Waals surface area contributed by atoms with E-state index in [1.807, 2.05) is 6.92 Å². The molecule has 0 aromatic heterocycles. The van der Waals surface area contributed by atoms with Crippen LogP contribution in [0.3, 0.4) is 0 Å². The molecule has 1 aliphatic rings. The van der Waals surface area contributed by atoms with Crippen molar-refractivity contribution in [3.05, 3.63) is 0 Å². The van der Waals surface area contributed by atoms with Crippen LogP contribution in [0.4, 0.5) is 0 Å². The van der Waals surface area contributed by atoms with E-state index < -0.39 is 0 Å². The van der Waals surface area contributed by atoms with E-state index in [1.165, 1.54) is 30.8 Å². The van der Waals surface area contributed by atoms with Gasteiger partial charge < -0.3 is 21.7 Å². The van der Waals surface area contributed by atoms with Crippen molar-refractivity contribution in [3.63, 3.8) is 0 Å². The van der Waals surface area contributed by atoms with Crippen LogP contribution >= 0.6 is 0 Å². The molecule has 0 N–H and O–H groups in total. The minimum Gasteiger partial charge on any atom is -1.00 e. The van der Waals surface area contributed by atoms with Gasteiger partial charge in [-0.05, 0) is 37.1 Å². The maximum absolute atomic E-state index is 11.1. The molecular formula is C9H17BrO2S. The first kappa shape index (κ1) is 13.3. The molecule has 0 radical (unpaired) electrons. The maximum atomic E-state index is 11.1. The first-order valence-corrected chi connectivity index (χ1v) is 6.36. The number of carbonyl (C=O) groups is 1. The van der Waals surface area contributed by atoms with Crippen LogP contribution in [0.25, 0.3) is 0 Å².